The summed E-state index contributed by atoms with van der Waals surface area (Å²) in [5.74, 6) is 1.22. The maximum atomic E-state index is 12.6. The minimum absolute atomic E-state index is 0.0188. The number of aliphatic hydroxyl groups is 1. The minimum Gasteiger partial charge on any atom is -0.390 e. The summed E-state index contributed by atoms with van der Waals surface area (Å²) in [7, 11) is 0. The number of fused-ring (bicyclic) bond motifs is 1. The molecule has 0 saturated heterocycles. The lowest BCUT2D eigenvalue weighted by Gasteiger charge is -2.46. The Balaban J connectivity index is 1.80. The van der Waals surface area contributed by atoms with Crippen LogP contribution in [0.25, 0.3) is 0 Å². The number of benzene rings is 1. The van der Waals surface area contributed by atoms with E-state index in [0.717, 1.165) is 24.1 Å². The van der Waals surface area contributed by atoms with Gasteiger partial charge >= 0.3 is 0 Å². The van der Waals surface area contributed by atoms with E-state index in [1.54, 1.807) is 25.1 Å². The number of carbonyl (C=O) groups excluding carboxylic acids is 1. The third kappa shape index (κ3) is 3.57. The molecule has 6 nitrogen and oxygen atoms in total. The Labute approximate surface area is 175 Å². The van der Waals surface area contributed by atoms with Crippen molar-refractivity contribution in [1.29, 1.82) is 5.26 Å². The monoisotopic (exact) mass is 410 g/mol. The highest BCUT2D eigenvalue weighted by Crippen LogP contribution is 2.50. The van der Waals surface area contributed by atoms with Gasteiger partial charge in [0.05, 0.1) is 35.0 Å². The summed E-state index contributed by atoms with van der Waals surface area (Å²) in [6.07, 6.45) is 2.23. The lowest BCUT2D eigenvalue weighted by molar-refractivity contribution is -0.117. The molecule has 0 bridgehead atoms. The van der Waals surface area contributed by atoms with Gasteiger partial charge < -0.3 is 15.3 Å². The van der Waals surface area contributed by atoms with Gasteiger partial charge in [0.25, 0.3) is 0 Å². The first-order chi connectivity index (χ1) is 13.9. The maximum absolute atomic E-state index is 12.6. The number of halogens is 1. The number of rotatable bonds is 4. The lowest BCUT2D eigenvalue weighted by atomic mass is 9.79. The fraction of sp³-hybridized carbons (Fsp3) is 0.409. The second-order valence-corrected chi connectivity index (χ2v) is 8.27. The second-order valence-electron chi connectivity index (χ2n) is 7.87. The molecule has 1 saturated carbocycles. The van der Waals surface area contributed by atoms with Gasteiger partial charge in [-0.05, 0) is 54.7 Å². The molecular weight excluding hydrogens is 388 g/mol. The molecule has 1 aliphatic carbocycles. The van der Waals surface area contributed by atoms with Crippen molar-refractivity contribution in [3.05, 3.63) is 52.2 Å². The first kappa shape index (κ1) is 19.7. The largest absolute Gasteiger partial charge is 0.390 e. The minimum atomic E-state index is -0.243. The van der Waals surface area contributed by atoms with Crippen LogP contribution in [-0.4, -0.2) is 22.0 Å². The van der Waals surface area contributed by atoms with Crippen LogP contribution in [0.2, 0.25) is 5.02 Å². The Morgan fingerprint density at radius 1 is 1.38 bits per heavy atom. The topological polar surface area (TPSA) is 89.2 Å². The van der Waals surface area contributed by atoms with E-state index in [-0.39, 0.29) is 30.5 Å². The van der Waals surface area contributed by atoms with Crippen molar-refractivity contribution >= 4 is 29.0 Å². The first-order valence-electron chi connectivity index (χ1n) is 9.81. The van der Waals surface area contributed by atoms with Crippen molar-refractivity contribution < 1.29 is 9.90 Å². The maximum Gasteiger partial charge on any atom is 0.224 e. The Hall–Kier alpha value is -2.62. The van der Waals surface area contributed by atoms with E-state index in [2.05, 4.69) is 23.3 Å². The van der Waals surface area contributed by atoms with Gasteiger partial charge in [-0.2, -0.15) is 5.26 Å². The lowest BCUT2D eigenvalue weighted by Crippen LogP contribution is -2.51. The SMILES string of the molecule is CC(=O)N1c2ccc(C#N)cc2[C@H](Nc2ccc(Cl)c(CO)n2)[C@@H](C)[C@@H]1C1CC1. The zero-order chi connectivity index (χ0) is 20.7. The van der Waals surface area contributed by atoms with Gasteiger partial charge in [-0.15, -0.1) is 0 Å². The molecule has 4 rings (SSSR count). The van der Waals surface area contributed by atoms with Crippen molar-refractivity contribution in [2.45, 2.75) is 45.4 Å². The average molecular weight is 411 g/mol. The van der Waals surface area contributed by atoms with Crippen molar-refractivity contribution in [2.24, 2.45) is 11.8 Å². The number of nitrogens with one attached hydrogen (secondary N) is 1. The number of amides is 1. The van der Waals surface area contributed by atoms with Crippen LogP contribution in [0.3, 0.4) is 0 Å². The summed E-state index contributed by atoms with van der Waals surface area (Å²) in [4.78, 5) is 18.9. The predicted octanol–water partition coefficient (Wildman–Crippen LogP) is 4.03. The predicted molar refractivity (Wildman–Crippen MR) is 112 cm³/mol. The van der Waals surface area contributed by atoms with E-state index in [0.29, 0.717) is 28.0 Å². The zero-order valence-electron chi connectivity index (χ0n) is 16.4. The van der Waals surface area contributed by atoms with Crippen LogP contribution >= 0.6 is 11.6 Å². The molecule has 0 spiro atoms. The Bertz CT molecular complexity index is 999. The van der Waals surface area contributed by atoms with Gasteiger partial charge in [0.15, 0.2) is 0 Å². The van der Waals surface area contributed by atoms with E-state index in [9.17, 15) is 15.2 Å². The molecule has 1 fully saturated rings. The molecule has 7 heteroatoms. The van der Waals surface area contributed by atoms with Crippen LogP contribution in [0.15, 0.2) is 30.3 Å². The van der Waals surface area contributed by atoms with E-state index in [1.807, 2.05) is 17.0 Å². The molecule has 2 heterocycles. The number of anilines is 2. The molecule has 1 aromatic carbocycles. The molecule has 29 heavy (non-hydrogen) atoms. The van der Waals surface area contributed by atoms with Gasteiger partial charge in [0, 0.05) is 24.6 Å². The number of aliphatic hydroxyl groups excluding tert-OH is 1. The molecule has 150 valence electrons. The molecule has 0 radical (unpaired) electrons. The van der Waals surface area contributed by atoms with Crippen LogP contribution < -0.4 is 10.2 Å². The first-order valence-corrected chi connectivity index (χ1v) is 10.2. The Kier molecular flexibility index (Phi) is 5.20. The number of carbonyl (C=O) groups is 1. The molecule has 1 aromatic heterocycles. The fourth-order valence-corrected chi connectivity index (χ4v) is 4.64. The highest BCUT2D eigenvalue weighted by atomic mass is 35.5. The smallest absolute Gasteiger partial charge is 0.224 e. The summed E-state index contributed by atoms with van der Waals surface area (Å²) in [6, 6.07) is 11.1. The summed E-state index contributed by atoms with van der Waals surface area (Å²) in [6.45, 7) is 3.50. The van der Waals surface area contributed by atoms with Gasteiger partial charge in [-0.1, -0.05) is 18.5 Å². The van der Waals surface area contributed by atoms with Crippen LogP contribution in [0, 0.1) is 23.2 Å². The van der Waals surface area contributed by atoms with Crippen molar-refractivity contribution in [2.75, 3.05) is 10.2 Å². The normalized spacial score (nSPS) is 23.3. The van der Waals surface area contributed by atoms with Crippen LogP contribution in [0.1, 0.15) is 49.6 Å². The number of hydrogen-bond acceptors (Lipinski definition) is 5. The standard InChI is InChI=1S/C22H23ClN4O2/c1-12-21(26-20-8-6-17(23)18(11-28)25-20)16-9-14(10-24)3-7-19(16)27(13(2)29)22(12)15-4-5-15/h3,6-9,12,15,21-22,28H,4-5,11H2,1-2H3,(H,25,26)/t12-,21-,22-/m1/s1. The summed E-state index contributed by atoms with van der Waals surface area (Å²) < 4.78 is 0. The third-order valence-electron chi connectivity index (χ3n) is 5.93. The molecule has 2 aromatic rings. The number of nitriles is 1. The van der Waals surface area contributed by atoms with Crippen molar-refractivity contribution in [1.82, 2.24) is 4.98 Å². The molecular formula is C22H23ClN4O2. The molecule has 1 aliphatic heterocycles. The Morgan fingerprint density at radius 2 is 2.14 bits per heavy atom. The summed E-state index contributed by atoms with van der Waals surface area (Å²) in [5, 5.41) is 22.8. The van der Waals surface area contributed by atoms with E-state index < -0.39 is 0 Å². The van der Waals surface area contributed by atoms with Gasteiger partial charge in [-0.3, -0.25) is 4.79 Å². The second kappa shape index (κ2) is 7.66. The van der Waals surface area contributed by atoms with Crippen molar-refractivity contribution in [3.8, 4) is 6.07 Å². The van der Waals surface area contributed by atoms with Gasteiger partial charge in [0.2, 0.25) is 5.91 Å². The summed E-state index contributed by atoms with van der Waals surface area (Å²) in [5.41, 5.74) is 2.72. The van der Waals surface area contributed by atoms with Gasteiger partial charge in [-0.25, -0.2) is 4.98 Å². The van der Waals surface area contributed by atoms with E-state index in [1.165, 1.54) is 0 Å². The molecule has 1 amide bonds. The highest BCUT2D eigenvalue weighted by Gasteiger charge is 2.47. The van der Waals surface area contributed by atoms with Crippen molar-refractivity contribution in [3.63, 3.8) is 0 Å². The van der Waals surface area contributed by atoms with Gasteiger partial charge in [0.1, 0.15) is 5.82 Å². The fourth-order valence-electron chi connectivity index (χ4n) is 4.47. The van der Waals surface area contributed by atoms with E-state index in [4.69, 9.17) is 11.6 Å². The number of aromatic nitrogens is 1. The van der Waals surface area contributed by atoms with Crippen LogP contribution in [0.5, 0.6) is 0 Å². The number of pyridine rings is 1. The zero-order valence-corrected chi connectivity index (χ0v) is 17.1. The quantitative estimate of drug-likeness (QED) is 0.794. The highest BCUT2D eigenvalue weighted by molar-refractivity contribution is 6.31. The molecule has 3 atom stereocenters. The molecule has 2 aliphatic rings. The number of hydrogen-bond donors (Lipinski definition) is 2. The van der Waals surface area contributed by atoms with Crippen LogP contribution in [0.4, 0.5) is 11.5 Å². The Morgan fingerprint density at radius 3 is 2.76 bits per heavy atom. The number of nitrogens with zero attached hydrogens (tertiary/aromatic N) is 3. The van der Waals surface area contributed by atoms with Crippen LogP contribution in [-0.2, 0) is 11.4 Å². The average Bonchev–Trinajstić information content (AvgIpc) is 3.55. The molecule has 2 N–H and O–H groups in total. The van der Waals surface area contributed by atoms with E-state index >= 15 is 0 Å². The summed E-state index contributed by atoms with van der Waals surface area (Å²) >= 11 is 6.08. The third-order valence-corrected chi connectivity index (χ3v) is 6.27. The molecule has 0 unspecified atom stereocenters.